The van der Waals surface area contributed by atoms with E-state index in [0.29, 0.717) is 5.96 Å². The number of aliphatic imine (C=N–C) groups is 2. The van der Waals surface area contributed by atoms with Crippen LogP contribution < -0.4 is 5.73 Å². The number of hydrogen-bond donors (Lipinski definition) is 1. The van der Waals surface area contributed by atoms with Crippen molar-refractivity contribution in [1.29, 1.82) is 0 Å². The van der Waals surface area contributed by atoms with Crippen molar-refractivity contribution < 1.29 is 0 Å². The summed E-state index contributed by atoms with van der Waals surface area (Å²) in [5.41, 5.74) is 9.32. The molecule has 0 radical (unpaired) electrons. The molecule has 0 fully saturated rings. The summed E-state index contributed by atoms with van der Waals surface area (Å²) in [5, 5.41) is 0. The number of rotatable bonds is 2. The standard InChI is InChI=1S/C16H15N5/c17-16-20-14(15-19-7-8-21(15)16)12-4-1-3-11(9-12)13-5-2-6-18-10-13/h1-6,9-10,14H,7-8H2,(H2,17,20). The molecule has 1 atom stereocenters. The van der Waals surface area contributed by atoms with Gasteiger partial charge in [0.25, 0.3) is 0 Å². The number of nitrogens with zero attached hydrogens (tertiary/aromatic N) is 4. The first-order chi connectivity index (χ1) is 10.3. The van der Waals surface area contributed by atoms with Gasteiger partial charge in [0.1, 0.15) is 11.9 Å². The van der Waals surface area contributed by atoms with Crippen molar-refractivity contribution in [3.8, 4) is 11.1 Å². The van der Waals surface area contributed by atoms with E-state index in [1.807, 2.05) is 23.2 Å². The maximum atomic E-state index is 5.98. The normalized spacial score (nSPS) is 20.2. The lowest BCUT2D eigenvalue weighted by molar-refractivity contribution is 0.665. The van der Waals surface area contributed by atoms with Crippen molar-refractivity contribution >= 4 is 11.8 Å². The highest BCUT2D eigenvalue weighted by molar-refractivity contribution is 6.08. The van der Waals surface area contributed by atoms with Gasteiger partial charge in [0.15, 0.2) is 5.96 Å². The molecular weight excluding hydrogens is 262 g/mol. The minimum atomic E-state index is -0.0795. The average Bonchev–Trinajstić information content (AvgIpc) is 3.13. The zero-order valence-electron chi connectivity index (χ0n) is 11.5. The Hall–Kier alpha value is -2.69. The fourth-order valence-corrected chi connectivity index (χ4v) is 2.84. The third-order valence-corrected chi connectivity index (χ3v) is 3.85. The van der Waals surface area contributed by atoms with Crippen molar-refractivity contribution in [2.45, 2.75) is 6.04 Å². The number of benzene rings is 1. The molecule has 2 aromatic rings. The van der Waals surface area contributed by atoms with Gasteiger partial charge in [-0.2, -0.15) is 0 Å². The molecular formula is C16H15N5. The predicted octanol–water partition coefficient (Wildman–Crippen LogP) is 1.83. The summed E-state index contributed by atoms with van der Waals surface area (Å²) in [4.78, 5) is 15.3. The molecule has 0 spiro atoms. The van der Waals surface area contributed by atoms with Crippen LogP contribution in [-0.2, 0) is 0 Å². The van der Waals surface area contributed by atoms with E-state index in [1.54, 1.807) is 6.20 Å². The fraction of sp³-hybridized carbons (Fsp3) is 0.188. The molecule has 4 rings (SSSR count). The largest absolute Gasteiger partial charge is 0.369 e. The smallest absolute Gasteiger partial charge is 0.197 e. The van der Waals surface area contributed by atoms with Gasteiger partial charge in [0, 0.05) is 18.9 Å². The second kappa shape index (κ2) is 4.70. The number of nitrogens with two attached hydrogens (primary N) is 1. The lowest BCUT2D eigenvalue weighted by Crippen LogP contribution is -2.35. The molecule has 3 heterocycles. The zero-order chi connectivity index (χ0) is 14.2. The minimum Gasteiger partial charge on any atom is -0.369 e. The van der Waals surface area contributed by atoms with Crippen LogP contribution in [0.3, 0.4) is 0 Å². The summed E-state index contributed by atoms with van der Waals surface area (Å²) in [6, 6.07) is 12.3. The first kappa shape index (κ1) is 12.1. The van der Waals surface area contributed by atoms with Gasteiger partial charge >= 0.3 is 0 Å². The van der Waals surface area contributed by atoms with Crippen LogP contribution in [0.5, 0.6) is 0 Å². The molecule has 0 bridgehead atoms. The third-order valence-electron chi connectivity index (χ3n) is 3.85. The Morgan fingerprint density at radius 2 is 2.05 bits per heavy atom. The Kier molecular flexibility index (Phi) is 2.70. The lowest BCUT2D eigenvalue weighted by atomic mass is 10.0. The topological polar surface area (TPSA) is 66.9 Å². The summed E-state index contributed by atoms with van der Waals surface area (Å²) in [5.74, 6) is 1.54. The number of aromatic nitrogens is 1. The van der Waals surface area contributed by atoms with Crippen molar-refractivity contribution in [3.63, 3.8) is 0 Å². The van der Waals surface area contributed by atoms with Crippen LogP contribution in [0, 0.1) is 0 Å². The third kappa shape index (κ3) is 1.98. The fourth-order valence-electron chi connectivity index (χ4n) is 2.84. The van der Waals surface area contributed by atoms with Crippen molar-refractivity contribution in [2.75, 3.05) is 13.1 Å². The van der Waals surface area contributed by atoms with Gasteiger partial charge < -0.3 is 5.73 Å². The molecule has 0 saturated carbocycles. The zero-order valence-corrected chi connectivity index (χ0v) is 11.5. The number of fused-ring (bicyclic) bond motifs is 1. The Bertz CT molecular complexity index is 735. The van der Waals surface area contributed by atoms with E-state index in [4.69, 9.17) is 5.73 Å². The summed E-state index contributed by atoms with van der Waals surface area (Å²) < 4.78 is 0. The van der Waals surface area contributed by atoms with E-state index >= 15 is 0 Å². The van der Waals surface area contributed by atoms with Crippen LogP contribution in [-0.4, -0.2) is 34.8 Å². The minimum absolute atomic E-state index is 0.0795. The van der Waals surface area contributed by atoms with Crippen molar-refractivity contribution in [1.82, 2.24) is 9.88 Å². The molecule has 0 saturated heterocycles. The maximum absolute atomic E-state index is 5.98. The molecule has 104 valence electrons. The Balaban J connectivity index is 1.74. The van der Waals surface area contributed by atoms with Crippen molar-refractivity contribution in [2.24, 2.45) is 15.7 Å². The SMILES string of the molecule is NC1=NC(c2cccc(-c3cccnc3)c2)C2=NCCN12. The van der Waals surface area contributed by atoms with E-state index in [9.17, 15) is 0 Å². The van der Waals surface area contributed by atoms with Crippen LogP contribution >= 0.6 is 0 Å². The predicted molar refractivity (Wildman–Crippen MR) is 83.0 cm³/mol. The molecule has 2 aliphatic rings. The molecule has 0 aliphatic carbocycles. The molecule has 5 heteroatoms. The van der Waals surface area contributed by atoms with Gasteiger partial charge in [-0.1, -0.05) is 24.3 Å². The molecule has 21 heavy (non-hydrogen) atoms. The van der Waals surface area contributed by atoms with E-state index in [-0.39, 0.29) is 6.04 Å². The van der Waals surface area contributed by atoms with Crippen LogP contribution in [0.15, 0.2) is 58.8 Å². The van der Waals surface area contributed by atoms with Gasteiger partial charge in [-0.15, -0.1) is 0 Å². The number of pyridine rings is 1. The van der Waals surface area contributed by atoms with Gasteiger partial charge in [0.05, 0.1) is 6.54 Å². The second-order valence-corrected chi connectivity index (χ2v) is 5.15. The Labute approximate surface area is 122 Å². The highest BCUT2D eigenvalue weighted by atomic mass is 15.4. The monoisotopic (exact) mass is 277 g/mol. The maximum Gasteiger partial charge on any atom is 0.197 e. The number of guanidine groups is 1. The summed E-state index contributed by atoms with van der Waals surface area (Å²) in [6.45, 7) is 1.63. The number of hydrogen-bond acceptors (Lipinski definition) is 5. The van der Waals surface area contributed by atoms with E-state index in [0.717, 1.165) is 35.6 Å². The number of amidine groups is 1. The van der Waals surface area contributed by atoms with Crippen LogP contribution in [0.4, 0.5) is 0 Å². The van der Waals surface area contributed by atoms with Crippen LogP contribution in [0.2, 0.25) is 0 Å². The van der Waals surface area contributed by atoms with E-state index in [2.05, 4.69) is 39.2 Å². The summed E-state index contributed by atoms with van der Waals surface area (Å²) in [7, 11) is 0. The highest BCUT2D eigenvalue weighted by Crippen LogP contribution is 2.31. The molecule has 1 aromatic carbocycles. The van der Waals surface area contributed by atoms with Gasteiger partial charge in [-0.05, 0) is 28.8 Å². The molecule has 0 amide bonds. The highest BCUT2D eigenvalue weighted by Gasteiger charge is 2.34. The first-order valence-electron chi connectivity index (χ1n) is 6.98. The van der Waals surface area contributed by atoms with Gasteiger partial charge in [-0.25, -0.2) is 4.99 Å². The van der Waals surface area contributed by atoms with Crippen molar-refractivity contribution in [3.05, 3.63) is 54.4 Å². The summed E-state index contributed by atoms with van der Waals surface area (Å²) in [6.07, 6.45) is 3.64. The van der Waals surface area contributed by atoms with Gasteiger partial charge in [0.2, 0.25) is 0 Å². The second-order valence-electron chi connectivity index (χ2n) is 5.15. The van der Waals surface area contributed by atoms with Gasteiger partial charge in [-0.3, -0.25) is 14.9 Å². The van der Waals surface area contributed by atoms with E-state index < -0.39 is 0 Å². The average molecular weight is 277 g/mol. The molecule has 2 N–H and O–H groups in total. The van der Waals surface area contributed by atoms with E-state index in [1.165, 1.54) is 0 Å². The molecule has 1 unspecified atom stereocenters. The molecule has 1 aromatic heterocycles. The quantitative estimate of drug-likeness (QED) is 0.910. The van der Waals surface area contributed by atoms with Crippen LogP contribution in [0.25, 0.3) is 11.1 Å². The summed E-state index contributed by atoms with van der Waals surface area (Å²) >= 11 is 0. The Morgan fingerprint density at radius 3 is 2.90 bits per heavy atom. The molecule has 5 nitrogen and oxygen atoms in total. The first-order valence-corrected chi connectivity index (χ1v) is 6.98. The Morgan fingerprint density at radius 1 is 1.14 bits per heavy atom. The lowest BCUT2D eigenvalue weighted by Gasteiger charge is -2.14. The molecule has 2 aliphatic heterocycles. The van der Waals surface area contributed by atoms with Crippen LogP contribution in [0.1, 0.15) is 11.6 Å².